The van der Waals surface area contributed by atoms with Crippen LogP contribution in [0.4, 0.5) is 0 Å². The topological polar surface area (TPSA) is 46.5 Å². The Morgan fingerprint density at radius 1 is 1.09 bits per heavy atom. The lowest BCUT2D eigenvalue weighted by atomic mass is 9.60. The van der Waals surface area contributed by atoms with E-state index < -0.39 is 0 Å². The van der Waals surface area contributed by atoms with Crippen LogP contribution >= 0.6 is 0 Å². The van der Waals surface area contributed by atoms with Crippen LogP contribution in [-0.4, -0.2) is 18.2 Å². The van der Waals surface area contributed by atoms with Crippen molar-refractivity contribution in [3.05, 3.63) is 29.8 Å². The number of phenolic OH excluding ortho intramolecular Hbond substituents is 1. The second kappa shape index (κ2) is 6.94. The minimum absolute atomic E-state index is 0.0537. The highest BCUT2D eigenvalue weighted by atomic mass is 16.5. The summed E-state index contributed by atoms with van der Waals surface area (Å²) in [5.74, 6) is 1.48. The fraction of sp³-hybridized carbons (Fsp3) is 0.650. The summed E-state index contributed by atoms with van der Waals surface area (Å²) in [7, 11) is 1.48. The average molecular weight is 316 g/mol. The van der Waals surface area contributed by atoms with Crippen LogP contribution in [-0.2, 0) is 9.53 Å². The number of benzene rings is 1. The van der Waals surface area contributed by atoms with Gasteiger partial charge in [0.1, 0.15) is 5.75 Å². The number of carbonyl (C=O) groups excluding carboxylic acids is 1. The summed E-state index contributed by atoms with van der Waals surface area (Å²) in [5, 5.41) is 9.43. The van der Waals surface area contributed by atoms with Crippen molar-refractivity contribution in [3.8, 4) is 5.75 Å². The number of hydrogen-bond acceptors (Lipinski definition) is 3. The van der Waals surface area contributed by atoms with Crippen LogP contribution in [0.15, 0.2) is 24.3 Å². The molecule has 0 unspecified atom stereocenters. The van der Waals surface area contributed by atoms with E-state index in [1.54, 1.807) is 12.1 Å². The Hall–Kier alpha value is -1.51. The lowest BCUT2D eigenvalue weighted by Crippen LogP contribution is -2.32. The fourth-order valence-corrected chi connectivity index (χ4v) is 4.62. The molecule has 3 nitrogen and oxygen atoms in total. The molecule has 2 fully saturated rings. The Labute approximate surface area is 139 Å². The molecule has 0 aromatic heterocycles. The van der Waals surface area contributed by atoms with Crippen LogP contribution < -0.4 is 0 Å². The van der Waals surface area contributed by atoms with Gasteiger partial charge in [0.15, 0.2) is 0 Å². The predicted molar refractivity (Wildman–Crippen MR) is 90.3 cm³/mol. The molecule has 0 saturated heterocycles. The molecule has 0 radical (unpaired) electrons. The molecule has 126 valence electrons. The van der Waals surface area contributed by atoms with Gasteiger partial charge in [0.2, 0.25) is 0 Å². The number of rotatable bonds is 3. The standard InChI is InChI=1S/C20H28O3/c1-23-19(22)14-15-6-10-20(11-7-15)12-8-17(9-13-20)16-2-4-18(21)5-3-16/h2-5,15,17,21H,6-14H2,1H3. The summed E-state index contributed by atoms with van der Waals surface area (Å²) in [6.45, 7) is 0. The van der Waals surface area contributed by atoms with Gasteiger partial charge in [0, 0.05) is 6.42 Å². The zero-order chi connectivity index (χ0) is 16.3. The highest BCUT2D eigenvalue weighted by molar-refractivity contribution is 5.69. The van der Waals surface area contributed by atoms with Crippen LogP contribution in [0.2, 0.25) is 0 Å². The van der Waals surface area contributed by atoms with Crippen LogP contribution in [0.3, 0.4) is 0 Å². The van der Waals surface area contributed by atoms with Crippen molar-refractivity contribution < 1.29 is 14.6 Å². The van der Waals surface area contributed by atoms with Crippen LogP contribution in [0.25, 0.3) is 0 Å². The maximum absolute atomic E-state index is 11.4. The number of methoxy groups -OCH3 is 1. The molecule has 1 N–H and O–H groups in total. The monoisotopic (exact) mass is 316 g/mol. The average Bonchev–Trinajstić information content (AvgIpc) is 2.59. The van der Waals surface area contributed by atoms with Gasteiger partial charge in [0.25, 0.3) is 0 Å². The highest BCUT2D eigenvalue weighted by Gasteiger charge is 2.39. The first kappa shape index (κ1) is 16.4. The molecule has 0 aliphatic heterocycles. The molecular formula is C20H28O3. The number of ether oxygens (including phenoxy) is 1. The van der Waals surface area contributed by atoms with Gasteiger partial charge in [-0.2, -0.15) is 0 Å². The first-order valence-corrected chi connectivity index (χ1v) is 8.96. The molecule has 2 aliphatic rings. The molecule has 2 saturated carbocycles. The smallest absolute Gasteiger partial charge is 0.305 e. The normalized spacial score (nSPS) is 31.0. The van der Waals surface area contributed by atoms with E-state index in [4.69, 9.17) is 4.74 Å². The van der Waals surface area contributed by atoms with E-state index in [1.807, 2.05) is 0 Å². The lowest BCUT2D eigenvalue weighted by molar-refractivity contribution is -0.142. The Bertz CT molecular complexity index is 516. The largest absolute Gasteiger partial charge is 0.508 e. The zero-order valence-corrected chi connectivity index (χ0v) is 14.1. The van der Waals surface area contributed by atoms with Gasteiger partial charge in [-0.3, -0.25) is 4.79 Å². The van der Waals surface area contributed by atoms with Gasteiger partial charge in [-0.05, 0) is 86.3 Å². The molecule has 0 heterocycles. The van der Waals surface area contributed by atoms with Gasteiger partial charge in [-0.25, -0.2) is 0 Å². The van der Waals surface area contributed by atoms with Gasteiger partial charge in [-0.15, -0.1) is 0 Å². The third kappa shape index (κ3) is 3.88. The van der Waals surface area contributed by atoms with E-state index >= 15 is 0 Å². The maximum Gasteiger partial charge on any atom is 0.305 e. The molecule has 3 heteroatoms. The van der Waals surface area contributed by atoms with E-state index in [1.165, 1.54) is 64.0 Å². The lowest BCUT2D eigenvalue weighted by Gasteiger charge is -2.45. The van der Waals surface area contributed by atoms with E-state index in [9.17, 15) is 9.90 Å². The first-order valence-electron chi connectivity index (χ1n) is 8.96. The fourth-order valence-electron chi connectivity index (χ4n) is 4.62. The number of carbonyl (C=O) groups is 1. The van der Waals surface area contributed by atoms with E-state index in [0.717, 1.165) is 0 Å². The minimum atomic E-state index is -0.0537. The number of hydrogen-bond donors (Lipinski definition) is 1. The third-order valence-corrected chi connectivity index (χ3v) is 6.26. The van der Waals surface area contributed by atoms with Gasteiger partial charge < -0.3 is 9.84 Å². The number of esters is 1. The Morgan fingerprint density at radius 2 is 1.65 bits per heavy atom. The molecule has 1 aromatic rings. The predicted octanol–water partition coefficient (Wildman–Crippen LogP) is 4.79. The summed E-state index contributed by atoms with van der Waals surface area (Å²) in [4.78, 5) is 11.4. The molecule has 0 atom stereocenters. The van der Waals surface area contributed by atoms with Crippen molar-refractivity contribution in [2.45, 2.75) is 63.7 Å². The molecule has 0 amide bonds. The van der Waals surface area contributed by atoms with Crippen molar-refractivity contribution >= 4 is 5.97 Å². The molecule has 23 heavy (non-hydrogen) atoms. The van der Waals surface area contributed by atoms with Crippen molar-refractivity contribution in [3.63, 3.8) is 0 Å². The van der Waals surface area contributed by atoms with E-state index in [2.05, 4.69) is 12.1 Å². The molecule has 3 rings (SSSR count). The number of aromatic hydroxyl groups is 1. The molecular weight excluding hydrogens is 288 g/mol. The summed E-state index contributed by atoms with van der Waals surface area (Å²) in [6.07, 6.45) is 10.6. The molecule has 0 bridgehead atoms. The van der Waals surface area contributed by atoms with Gasteiger partial charge in [-0.1, -0.05) is 12.1 Å². The minimum Gasteiger partial charge on any atom is -0.508 e. The quantitative estimate of drug-likeness (QED) is 0.816. The first-order chi connectivity index (χ1) is 11.1. The van der Waals surface area contributed by atoms with Gasteiger partial charge >= 0.3 is 5.97 Å². The van der Waals surface area contributed by atoms with Crippen LogP contribution in [0.1, 0.15) is 69.3 Å². The summed E-state index contributed by atoms with van der Waals surface area (Å²) >= 11 is 0. The number of phenols is 1. The molecule has 1 aromatic carbocycles. The summed E-state index contributed by atoms with van der Waals surface area (Å²) < 4.78 is 4.80. The van der Waals surface area contributed by atoms with Crippen molar-refractivity contribution in [2.75, 3.05) is 7.11 Å². The Balaban J connectivity index is 1.51. The zero-order valence-electron chi connectivity index (χ0n) is 14.1. The summed E-state index contributed by atoms with van der Waals surface area (Å²) in [5.41, 5.74) is 1.90. The molecule has 2 aliphatic carbocycles. The SMILES string of the molecule is COC(=O)CC1CCC2(CC1)CCC(c1ccc(O)cc1)CC2. The second-order valence-corrected chi connectivity index (χ2v) is 7.59. The van der Waals surface area contributed by atoms with Crippen LogP contribution in [0.5, 0.6) is 5.75 Å². The highest BCUT2D eigenvalue weighted by Crippen LogP contribution is 2.52. The van der Waals surface area contributed by atoms with Crippen LogP contribution in [0, 0.1) is 11.3 Å². The maximum atomic E-state index is 11.4. The Kier molecular flexibility index (Phi) is 4.93. The van der Waals surface area contributed by atoms with Crippen molar-refractivity contribution in [1.82, 2.24) is 0 Å². The van der Waals surface area contributed by atoms with Crippen molar-refractivity contribution in [2.24, 2.45) is 11.3 Å². The molecule has 1 spiro atoms. The van der Waals surface area contributed by atoms with Crippen molar-refractivity contribution in [1.29, 1.82) is 0 Å². The third-order valence-electron chi connectivity index (χ3n) is 6.26. The van der Waals surface area contributed by atoms with E-state index in [0.29, 0.717) is 29.4 Å². The summed E-state index contributed by atoms with van der Waals surface area (Å²) in [6, 6.07) is 7.76. The Morgan fingerprint density at radius 3 is 2.22 bits per heavy atom. The van der Waals surface area contributed by atoms with Gasteiger partial charge in [0.05, 0.1) is 7.11 Å². The second-order valence-electron chi connectivity index (χ2n) is 7.59. The van der Waals surface area contributed by atoms with E-state index in [-0.39, 0.29) is 5.97 Å².